The molecule has 2 aromatic rings. The summed E-state index contributed by atoms with van der Waals surface area (Å²) in [5.41, 5.74) is 1.26. The molecule has 1 heterocycles. The third kappa shape index (κ3) is 5.13. The van der Waals surface area contributed by atoms with Crippen LogP contribution in [0.4, 0.5) is 17.1 Å². The lowest BCUT2D eigenvalue weighted by atomic mass is 10.2. The molecule has 0 aromatic heterocycles. The smallest absolute Gasteiger partial charge is 0.292 e. The maximum Gasteiger partial charge on any atom is 0.292 e. The zero-order valence-corrected chi connectivity index (χ0v) is 16.6. The molecule has 0 spiro atoms. The van der Waals surface area contributed by atoms with Gasteiger partial charge in [-0.15, -0.1) is 0 Å². The summed E-state index contributed by atoms with van der Waals surface area (Å²) in [5, 5.41) is 14.9. The van der Waals surface area contributed by atoms with E-state index in [4.69, 9.17) is 23.2 Å². The highest BCUT2D eigenvalue weighted by Gasteiger charge is 2.23. The van der Waals surface area contributed by atoms with Gasteiger partial charge in [-0.3, -0.25) is 19.8 Å². The quantitative estimate of drug-likeness (QED) is 0.560. The van der Waals surface area contributed by atoms with Gasteiger partial charge in [0.25, 0.3) is 5.69 Å². The molecule has 148 valence electrons. The third-order valence-electron chi connectivity index (χ3n) is 4.65. The second-order valence-corrected chi connectivity index (χ2v) is 7.34. The van der Waals surface area contributed by atoms with Gasteiger partial charge in [0, 0.05) is 50.2 Å². The van der Waals surface area contributed by atoms with E-state index in [2.05, 4.69) is 10.2 Å². The number of nitrogens with zero attached hydrogens (tertiary/aromatic N) is 3. The first kappa shape index (κ1) is 20.4. The number of carbonyl (C=O) groups is 1. The van der Waals surface area contributed by atoms with Gasteiger partial charge in [0.2, 0.25) is 5.91 Å². The zero-order valence-electron chi connectivity index (χ0n) is 15.1. The van der Waals surface area contributed by atoms with Crippen molar-refractivity contribution in [3.8, 4) is 0 Å². The van der Waals surface area contributed by atoms with Crippen LogP contribution in [-0.4, -0.2) is 48.5 Å². The first-order valence-corrected chi connectivity index (χ1v) is 9.65. The number of hydrogen-bond acceptors (Lipinski definition) is 5. The average molecular weight is 423 g/mol. The maximum absolute atomic E-state index is 12.2. The molecular formula is C19H20Cl2N4O3. The number of hydrogen-bond donors (Lipinski definition) is 1. The lowest BCUT2D eigenvalue weighted by Crippen LogP contribution is -2.47. The number of nitro groups is 1. The van der Waals surface area contributed by atoms with Crippen molar-refractivity contribution in [2.45, 2.75) is 6.42 Å². The Bertz CT molecular complexity index is 870. The Hall–Kier alpha value is -2.35. The van der Waals surface area contributed by atoms with Gasteiger partial charge in [-0.1, -0.05) is 35.3 Å². The molecule has 1 fully saturated rings. The van der Waals surface area contributed by atoms with Crippen molar-refractivity contribution in [1.29, 1.82) is 0 Å². The molecule has 2 aromatic carbocycles. The fourth-order valence-electron chi connectivity index (χ4n) is 3.16. The fourth-order valence-corrected chi connectivity index (χ4v) is 3.50. The molecule has 0 bridgehead atoms. The standard InChI is InChI=1S/C19H20Cl2N4O3/c20-14-5-6-15(21)16(13-14)22-19(26)7-8-23-9-11-24(12-10-23)17-3-1-2-4-18(17)25(27)28/h1-6,13H,7-12H2,(H,22,26). The summed E-state index contributed by atoms with van der Waals surface area (Å²) in [7, 11) is 0. The summed E-state index contributed by atoms with van der Waals surface area (Å²) in [6, 6.07) is 11.7. The highest BCUT2D eigenvalue weighted by Crippen LogP contribution is 2.28. The van der Waals surface area contributed by atoms with Crippen molar-refractivity contribution in [3.05, 3.63) is 62.6 Å². The van der Waals surface area contributed by atoms with Crippen LogP contribution in [-0.2, 0) is 4.79 Å². The monoisotopic (exact) mass is 422 g/mol. The Labute approximate surface area is 173 Å². The lowest BCUT2D eigenvalue weighted by molar-refractivity contribution is -0.384. The molecule has 1 N–H and O–H groups in total. The van der Waals surface area contributed by atoms with Crippen LogP contribution in [0.3, 0.4) is 0 Å². The summed E-state index contributed by atoms with van der Waals surface area (Å²) in [4.78, 5) is 27.2. The van der Waals surface area contributed by atoms with Crippen molar-refractivity contribution in [2.75, 3.05) is 42.9 Å². The van der Waals surface area contributed by atoms with Gasteiger partial charge in [0.1, 0.15) is 5.69 Å². The van der Waals surface area contributed by atoms with Crippen LogP contribution in [0, 0.1) is 10.1 Å². The van der Waals surface area contributed by atoms with E-state index in [1.807, 2.05) is 4.90 Å². The van der Waals surface area contributed by atoms with Crippen molar-refractivity contribution < 1.29 is 9.72 Å². The van der Waals surface area contributed by atoms with E-state index in [0.29, 0.717) is 47.5 Å². The van der Waals surface area contributed by atoms with Gasteiger partial charge in [-0.2, -0.15) is 0 Å². The first-order valence-electron chi connectivity index (χ1n) is 8.89. The molecule has 1 aliphatic rings. The van der Waals surface area contributed by atoms with E-state index in [1.165, 1.54) is 6.07 Å². The van der Waals surface area contributed by atoms with Gasteiger partial charge in [-0.05, 0) is 24.3 Å². The zero-order chi connectivity index (χ0) is 20.1. The van der Waals surface area contributed by atoms with Gasteiger partial charge >= 0.3 is 0 Å². The van der Waals surface area contributed by atoms with E-state index in [9.17, 15) is 14.9 Å². The van der Waals surface area contributed by atoms with Crippen LogP contribution in [0.5, 0.6) is 0 Å². The molecule has 9 heteroatoms. The molecule has 3 rings (SSSR count). The van der Waals surface area contributed by atoms with Crippen LogP contribution in [0.1, 0.15) is 6.42 Å². The minimum Gasteiger partial charge on any atom is -0.363 e. The van der Waals surface area contributed by atoms with Gasteiger partial charge < -0.3 is 10.2 Å². The predicted octanol–water partition coefficient (Wildman–Crippen LogP) is 4.05. The minimum absolute atomic E-state index is 0.119. The number of anilines is 2. The average Bonchev–Trinajstić information content (AvgIpc) is 2.69. The summed E-state index contributed by atoms with van der Waals surface area (Å²) in [6.45, 7) is 3.42. The van der Waals surface area contributed by atoms with Crippen molar-refractivity contribution in [2.24, 2.45) is 0 Å². The second kappa shape index (κ2) is 9.23. The van der Waals surface area contributed by atoms with Crippen molar-refractivity contribution in [3.63, 3.8) is 0 Å². The lowest BCUT2D eigenvalue weighted by Gasteiger charge is -2.35. The third-order valence-corrected chi connectivity index (χ3v) is 5.21. The van der Waals surface area contributed by atoms with Crippen LogP contribution in [0.25, 0.3) is 0 Å². The number of nitro benzene ring substituents is 1. The summed E-state index contributed by atoms with van der Waals surface area (Å²) in [5.74, 6) is -0.134. The SMILES string of the molecule is O=C(CCN1CCN(c2ccccc2[N+](=O)[O-])CC1)Nc1cc(Cl)ccc1Cl. The normalized spacial score (nSPS) is 14.7. The Balaban J connectivity index is 1.49. The highest BCUT2D eigenvalue weighted by molar-refractivity contribution is 6.35. The number of benzene rings is 2. The van der Waals surface area contributed by atoms with Crippen molar-refractivity contribution >= 4 is 46.2 Å². The second-order valence-electron chi connectivity index (χ2n) is 6.50. The first-order chi connectivity index (χ1) is 13.4. The molecule has 0 saturated carbocycles. The van der Waals surface area contributed by atoms with E-state index in [-0.39, 0.29) is 16.5 Å². The van der Waals surface area contributed by atoms with Crippen LogP contribution < -0.4 is 10.2 Å². The van der Waals surface area contributed by atoms with Gasteiger partial charge in [-0.25, -0.2) is 0 Å². The van der Waals surface area contributed by atoms with Crippen LogP contribution in [0.2, 0.25) is 10.0 Å². The Morgan fingerprint density at radius 2 is 1.82 bits per heavy atom. The highest BCUT2D eigenvalue weighted by atomic mass is 35.5. The summed E-state index contributed by atoms with van der Waals surface area (Å²) >= 11 is 12.0. The molecule has 0 unspecified atom stereocenters. The maximum atomic E-state index is 12.2. The number of amides is 1. The predicted molar refractivity (Wildman–Crippen MR) is 111 cm³/mol. The number of rotatable bonds is 6. The number of para-hydroxylation sites is 2. The van der Waals surface area contributed by atoms with E-state index in [0.717, 1.165) is 13.1 Å². The van der Waals surface area contributed by atoms with Crippen LogP contribution >= 0.6 is 23.2 Å². The summed E-state index contributed by atoms with van der Waals surface area (Å²) in [6.07, 6.45) is 0.328. The number of nitrogens with one attached hydrogen (secondary N) is 1. The molecule has 1 amide bonds. The van der Waals surface area contributed by atoms with Gasteiger partial charge in [0.05, 0.1) is 15.6 Å². The molecule has 1 saturated heterocycles. The molecule has 0 radical (unpaired) electrons. The van der Waals surface area contributed by atoms with Crippen molar-refractivity contribution in [1.82, 2.24) is 4.90 Å². The Morgan fingerprint density at radius 3 is 2.54 bits per heavy atom. The molecular weight excluding hydrogens is 403 g/mol. The topological polar surface area (TPSA) is 78.7 Å². The molecule has 1 aliphatic heterocycles. The fraction of sp³-hybridized carbons (Fsp3) is 0.316. The number of carbonyl (C=O) groups excluding carboxylic acids is 1. The van der Waals surface area contributed by atoms with E-state index >= 15 is 0 Å². The van der Waals surface area contributed by atoms with E-state index < -0.39 is 0 Å². The van der Waals surface area contributed by atoms with Gasteiger partial charge in [0.15, 0.2) is 0 Å². The Morgan fingerprint density at radius 1 is 1.11 bits per heavy atom. The Kier molecular flexibility index (Phi) is 6.72. The molecule has 7 nitrogen and oxygen atoms in total. The van der Waals surface area contributed by atoms with Crippen LogP contribution in [0.15, 0.2) is 42.5 Å². The molecule has 28 heavy (non-hydrogen) atoms. The molecule has 0 atom stereocenters. The largest absolute Gasteiger partial charge is 0.363 e. The minimum atomic E-state index is -0.354. The summed E-state index contributed by atoms with van der Waals surface area (Å²) < 4.78 is 0. The number of piperazine rings is 1. The van der Waals surface area contributed by atoms with E-state index in [1.54, 1.807) is 36.4 Å². The molecule has 0 aliphatic carbocycles. The number of halogens is 2.